The van der Waals surface area contributed by atoms with Crippen LogP contribution >= 0.6 is 11.3 Å². The van der Waals surface area contributed by atoms with Gasteiger partial charge in [-0.05, 0) is 25.0 Å². The molecule has 1 aromatic heterocycles. The summed E-state index contributed by atoms with van der Waals surface area (Å²) in [4.78, 5) is 0. The summed E-state index contributed by atoms with van der Waals surface area (Å²) in [5.41, 5.74) is 0. The Morgan fingerprint density at radius 2 is 2.25 bits per heavy atom. The van der Waals surface area contributed by atoms with E-state index in [1.54, 1.807) is 7.11 Å². The number of unbranched alkanes of at least 4 members (excludes halogenated alkanes) is 1. The van der Waals surface area contributed by atoms with Crippen LogP contribution in [0, 0.1) is 5.38 Å². The molecule has 0 fully saturated rings. The third-order valence-corrected chi connectivity index (χ3v) is 2.14. The number of rotatable bonds is 6. The predicted octanol–water partition coefficient (Wildman–Crippen LogP) is 2.35. The molecule has 0 bridgehead atoms. The van der Waals surface area contributed by atoms with Crippen molar-refractivity contribution in [1.29, 1.82) is 0 Å². The fourth-order valence-corrected chi connectivity index (χ4v) is 1.36. The van der Waals surface area contributed by atoms with E-state index in [1.807, 2.05) is 12.1 Å². The lowest BCUT2D eigenvalue weighted by atomic mass is 10.3. The molecule has 0 aliphatic carbocycles. The van der Waals surface area contributed by atoms with Gasteiger partial charge in [-0.25, -0.2) is 0 Å². The summed E-state index contributed by atoms with van der Waals surface area (Å²) in [6, 6.07) is 3.80. The summed E-state index contributed by atoms with van der Waals surface area (Å²) < 4.78 is 10.3. The second kappa shape index (κ2) is 6.03. The molecule has 0 aliphatic rings. The van der Waals surface area contributed by atoms with Crippen LogP contribution in [0.1, 0.15) is 12.8 Å². The van der Waals surface area contributed by atoms with Crippen LogP contribution in [0.25, 0.3) is 0 Å². The molecule has 0 unspecified atom stereocenters. The average molecular weight is 185 g/mol. The average Bonchev–Trinajstić information content (AvgIpc) is 2.57. The minimum absolute atomic E-state index is 0.776. The number of hydrogen-bond acceptors (Lipinski definition) is 3. The lowest BCUT2D eigenvalue weighted by Gasteiger charge is -2.01. The highest BCUT2D eigenvalue weighted by Crippen LogP contribution is 2.17. The number of methoxy groups -OCH3 is 1. The number of thiophene rings is 1. The first-order valence-corrected chi connectivity index (χ1v) is 4.83. The van der Waals surface area contributed by atoms with Gasteiger partial charge < -0.3 is 9.47 Å². The Balaban J connectivity index is 1.96. The maximum Gasteiger partial charge on any atom is 0.174 e. The van der Waals surface area contributed by atoms with E-state index in [1.165, 1.54) is 11.3 Å². The van der Waals surface area contributed by atoms with Gasteiger partial charge >= 0.3 is 0 Å². The first kappa shape index (κ1) is 9.55. The van der Waals surface area contributed by atoms with Crippen molar-refractivity contribution in [2.24, 2.45) is 0 Å². The largest absolute Gasteiger partial charge is 0.484 e. The Labute approximate surface area is 77.1 Å². The van der Waals surface area contributed by atoms with Gasteiger partial charge in [0.25, 0.3) is 0 Å². The van der Waals surface area contributed by atoms with E-state index in [0.717, 1.165) is 31.1 Å². The third-order valence-electron chi connectivity index (χ3n) is 1.43. The van der Waals surface area contributed by atoms with Gasteiger partial charge in [-0.3, -0.25) is 0 Å². The van der Waals surface area contributed by atoms with Crippen LogP contribution in [0.2, 0.25) is 0 Å². The Bertz CT molecular complexity index is 184. The summed E-state index contributed by atoms with van der Waals surface area (Å²) in [5, 5.41) is 3.93. The maximum atomic E-state index is 5.42. The second-order valence-corrected chi connectivity index (χ2v) is 3.26. The monoisotopic (exact) mass is 185 g/mol. The molecule has 67 valence electrons. The lowest BCUT2D eigenvalue weighted by Crippen LogP contribution is -1.98. The molecule has 1 heterocycles. The van der Waals surface area contributed by atoms with E-state index < -0.39 is 0 Å². The standard InChI is InChI=1S/C9H13O2S/c1-10-6-2-3-7-11-9-5-4-8-12-9/h4-5H,2-3,6-7H2,1H3. The van der Waals surface area contributed by atoms with E-state index in [4.69, 9.17) is 9.47 Å². The van der Waals surface area contributed by atoms with E-state index in [0.29, 0.717) is 0 Å². The summed E-state index contributed by atoms with van der Waals surface area (Å²) in [5.74, 6) is 0. The molecule has 0 saturated carbocycles. The molecule has 0 aromatic carbocycles. The lowest BCUT2D eigenvalue weighted by molar-refractivity contribution is 0.184. The van der Waals surface area contributed by atoms with Crippen molar-refractivity contribution < 1.29 is 9.47 Å². The maximum absolute atomic E-state index is 5.42. The van der Waals surface area contributed by atoms with E-state index in [9.17, 15) is 0 Å². The third kappa shape index (κ3) is 3.74. The van der Waals surface area contributed by atoms with E-state index in [2.05, 4.69) is 5.38 Å². The zero-order chi connectivity index (χ0) is 8.65. The fourth-order valence-electron chi connectivity index (χ4n) is 0.827. The van der Waals surface area contributed by atoms with Gasteiger partial charge in [-0.2, -0.15) is 0 Å². The molecular weight excluding hydrogens is 172 g/mol. The van der Waals surface area contributed by atoms with Crippen LogP contribution in [0.4, 0.5) is 0 Å². The zero-order valence-electron chi connectivity index (χ0n) is 7.21. The topological polar surface area (TPSA) is 18.5 Å². The van der Waals surface area contributed by atoms with Crippen molar-refractivity contribution in [3.63, 3.8) is 0 Å². The zero-order valence-corrected chi connectivity index (χ0v) is 8.02. The number of hydrogen-bond donors (Lipinski definition) is 0. The fraction of sp³-hybridized carbons (Fsp3) is 0.556. The molecule has 1 rings (SSSR count). The second-order valence-electron chi connectivity index (χ2n) is 2.42. The molecule has 0 atom stereocenters. The molecular formula is C9H13O2S. The molecule has 12 heavy (non-hydrogen) atoms. The van der Waals surface area contributed by atoms with E-state index in [-0.39, 0.29) is 0 Å². The van der Waals surface area contributed by atoms with Gasteiger partial charge in [0.05, 0.1) is 6.61 Å². The first-order valence-electron chi connectivity index (χ1n) is 4.01. The molecule has 3 heteroatoms. The van der Waals surface area contributed by atoms with Crippen LogP contribution in [0.15, 0.2) is 12.1 Å². The Morgan fingerprint density at radius 1 is 1.42 bits per heavy atom. The van der Waals surface area contributed by atoms with Crippen molar-refractivity contribution in [2.75, 3.05) is 20.3 Å². The minimum atomic E-state index is 0.776. The quantitative estimate of drug-likeness (QED) is 0.633. The summed E-state index contributed by atoms with van der Waals surface area (Å²) >= 11 is 1.51. The molecule has 0 N–H and O–H groups in total. The summed E-state index contributed by atoms with van der Waals surface area (Å²) in [6.07, 6.45) is 2.11. The summed E-state index contributed by atoms with van der Waals surface area (Å²) in [6.45, 7) is 1.59. The smallest absolute Gasteiger partial charge is 0.174 e. The Hall–Kier alpha value is -0.540. The van der Waals surface area contributed by atoms with Gasteiger partial charge in [0.2, 0.25) is 0 Å². The van der Waals surface area contributed by atoms with Crippen LogP contribution in [0.3, 0.4) is 0 Å². The van der Waals surface area contributed by atoms with E-state index >= 15 is 0 Å². The van der Waals surface area contributed by atoms with Crippen LogP contribution < -0.4 is 4.74 Å². The predicted molar refractivity (Wildman–Crippen MR) is 49.8 cm³/mol. The number of ether oxygens (including phenoxy) is 2. The Kier molecular flexibility index (Phi) is 4.80. The highest BCUT2D eigenvalue weighted by Gasteiger charge is 1.93. The SMILES string of the molecule is COCCCCOc1cc[c]s1. The van der Waals surface area contributed by atoms with Crippen molar-refractivity contribution in [2.45, 2.75) is 12.8 Å². The molecule has 0 aliphatic heterocycles. The highest BCUT2D eigenvalue weighted by atomic mass is 32.1. The molecule has 1 aromatic rings. The summed E-state index contributed by atoms with van der Waals surface area (Å²) in [7, 11) is 1.72. The van der Waals surface area contributed by atoms with Crippen molar-refractivity contribution in [1.82, 2.24) is 0 Å². The van der Waals surface area contributed by atoms with Crippen LogP contribution in [-0.2, 0) is 4.74 Å². The molecule has 2 nitrogen and oxygen atoms in total. The van der Waals surface area contributed by atoms with Crippen molar-refractivity contribution >= 4 is 11.3 Å². The van der Waals surface area contributed by atoms with Gasteiger partial charge in [0, 0.05) is 19.1 Å². The molecule has 1 radical (unpaired) electrons. The van der Waals surface area contributed by atoms with Gasteiger partial charge in [-0.15, -0.1) is 0 Å². The van der Waals surface area contributed by atoms with Crippen LogP contribution in [0.5, 0.6) is 5.06 Å². The minimum Gasteiger partial charge on any atom is -0.484 e. The van der Waals surface area contributed by atoms with Gasteiger partial charge in [0.15, 0.2) is 5.06 Å². The van der Waals surface area contributed by atoms with Crippen molar-refractivity contribution in [3.05, 3.63) is 17.5 Å². The molecule has 0 amide bonds. The van der Waals surface area contributed by atoms with Crippen LogP contribution in [-0.4, -0.2) is 20.3 Å². The molecule has 0 saturated heterocycles. The molecule has 0 spiro atoms. The van der Waals surface area contributed by atoms with Gasteiger partial charge in [0.1, 0.15) is 0 Å². The normalized spacial score (nSPS) is 10.1. The first-order chi connectivity index (χ1) is 5.93. The van der Waals surface area contributed by atoms with Gasteiger partial charge in [-0.1, -0.05) is 11.3 Å². The highest BCUT2D eigenvalue weighted by molar-refractivity contribution is 7.11. The van der Waals surface area contributed by atoms with Crippen molar-refractivity contribution in [3.8, 4) is 5.06 Å². The Morgan fingerprint density at radius 3 is 2.92 bits per heavy atom.